The molecule has 84 valence electrons. The zero-order valence-corrected chi connectivity index (χ0v) is 12.1. The Bertz CT molecular complexity index is 532. The zero-order chi connectivity index (χ0) is 11.7. The first-order chi connectivity index (χ1) is 7.67. The second-order valence-corrected chi connectivity index (χ2v) is 5.28. The van der Waals surface area contributed by atoms with E-state index in [0.717, 1.165) is 18.4 Å². The highest BCUT2D eigenvalue weighted by molar-refractivity contribution is 14.1. The fraction of sp³-hybridized carbons (Fsp3) is 0.357. The first-order valence-corrected chi connectivity index (χ1v) is 6.82. The average molecular weight is 325 g/mol. The monoisotopic (exact) mass is 325 g/mol. The smallest absolute Gasteiger partial charge is 0.0718 e. The summed E-state index contributed by atoms with van der Waals surface area (Å²) >= 11 is 2.34. The van der Waals surface area contributed by atoms with Crippen LogP contribution < -0.4 is 0 Å². The number of hydrogen-bond donors (Lipinski definition) is 0. The Kier molecular flexibility index (Phi) is 3.47. The molecule has 0 unspecified atom stereocenters. The fourth-order valence-electron chi connectivity index (χ4n) is 2.26. The molecule has 1 nitrogen and oxygen atoms in total. The summed E-state index contributed by atoms with van der Waals surface area (Å²) in [5.74, 6) is 0. The Labute approximate surface area is 110 Å². The van der Waals surface area contributed by atoms with Gasteiger partial charge in [-0.1, -0.05) is 19.9 Å². The molecule has 16 heavy (non-hydrogen) atoms. The second kappa shape index (κ2) is 4.70. The van der Waals surface area contributed by atoms with Crippen LogP contribution in [0, 0.1) is 10.5 Å². The van der Waals surface area contributed by atoms with Gasteiger partial charge in [-0.25, -0.2) is 0 Å². The van der Waals surface area contributed by atoms with Crippen LogP contribution in [0.3, 0.4) is 0 Å². The highest BCUT2D eigenvalue weighted by Crippen LogP contribution is 2.25. The van der Waals surface area contributed by atoms with Gasteiger partial charge < -0.3 is 0 Å². The third-order valence-corrected chi connectivity index (χ3v) is 3.79. The molecular weight excluding hydrogens is 309 g/mol. The Morgan fingerprint density at radius 3 is 2.56 bits per heavy atom. The molecule has 0 spiro atoms. The third kappa shape index (κ3) is 1.95. The van der Waals surface area contributed by atoms with E-state index in [9.17, 15) is 0 Å². The first-order valence-electron chi connectivity index (χ1n) is 5.75. The number of aromatic nitrogens is 1. The van der Waals surface area contributed by atoms with E-state index in [0.29, 0.717) is 0 Å². The normalized spacial score (nSPS) is 11.0. The van der Waals surface area contributed by atoms with Crippen molar-refractivity contribution in [1.82, 2.24) is 4.98 Å². The van der Waals surface area contributed by atoms with Gasteiger partial charge in [0.05, 0.1) is 5.52 Å². The van der Waals surface area contributed by atoms with Crippen molar-refractivity contribution in [3.63, 3.8) is 0 Å². The van der Waals surface area contributed by atoms with Gasteiger partial charge in [-0.15, -0.1) is 0 Å². The minimum Gasteiger partial charge on any atom is -0.253 e. The molecule has 2 aromatic rings. The third-order valence-electron chi connectivity index (χ3n) is 3.11. The average Bonchev–Trinajstić information content (AvgIpc) is 2.28. The maximum Gasteiger partial charge on any atom is 0.0718 e. The Hall–Kier alpha value is -0.640. The lowest BCUT2D eigenvalue weighted by atomic mass is 9.98. The molecule has 0 fully saturated rings. The first kappa shape index (κ1) is 11.8. The maximum atomic E-state index is 4.76. The van der Waals surface area contributed by atoms with E-state index in [1.165, 1.54) is 25.8 Å². The molecule has 1 aromatic heterocycles. The van der Waals surface area contributed by atoms with Gasteiger partial charge in [-0.05, 0) is 65.6 Å². The van der Waals surface area contributed by atoms with Crippen molar-refractivity contribution in [3.05, 3.63) is 38.6 Å². The summed E-state index contributed by atoms with van der Waals surface area (Å²) in [5.41, 5.74) is 5.22. The van der Waals surface area contributed by atoms with Crippen LogP contribution in [-0.4, -0.2) is 4.98 Å². The van der Waals surface area contributed by atoms with Crippen LogP contribution in [0.2, 0.25) is 0 Å². The number of aryl methyl sites for hydroxylation is 2. The summed E-state index contributed by atoms with van der Waals surface area (Å²) in [5, 5.41) is 1.32. The standard InChI is InChI=1S/C14H16IN/c1-4-11-9(3)13(5-2)16-14-8-10(15)6-7-12(11)14/h6-8H,4-5H2,1-3H3. The highest BCUT2D eigenvalue weighted by atomic mass is 127. The van der Waals surface area contributed by atoms with Gasteiger partial charge in [-0.2, -0.15) is 0 Å². The molecule has 0 atom stereocenters. The SMILES string of the molecule is CCc1nc2cc(I)ccc2c(CC)c1C. The molecule has 1 aromatic carbocycles. The van der Waals surface area contributed by atoms with Crippen molar-refractivity contribution in [1.29, 1.82) is 0 Å². The molecule has 0 aliphatic rings. The quantitative estimate of drug-likeness (QED) is 0.752. The summed E-state index contributed by atoms with van der Waals surface area (Å²) in [6.07, 6.45) is 2.10. The van der Waals surface area contributed by atoms with Crippen LogP contribution in [-0.2, 0) is 12.8 Å². The Morgan fingerprint density at radius 2 is 1.94 bits per heavy atom. The minimum atomic E-state index is 1.01. The summed E-state index contributed by atoms with van der Waals surface area (Å²) in [6.45, 7) is 6.59. The number of hydrogen-bond acceptors (Lipinski definition) is 1. The van der Waals surface area contributed by atoms with Gasteiger partial charge in [0.1, 0.15) is 0 Å². The molecule has 0 radical (unpaired) electrons. The van der Waals surface area contributed by atoms with Crippen LogP contribution in [0.4, 0.5) is 0 Å². The maximum absolute atomic E-state index is 4.76. The van der Waals surface area contributed by atoms with Crippen molar-refractivity contribution >= 4 is 33.5 Å². The number of pyridine rings is 1. The summed E-state index contributed by atoms with van der Waals surface area (Å²) in [4.78, 5) is 4.76. The molecule has 0 aliphatic heterocycles. The van der Waals surface area contributed by atoms with Crippen molar-refractivity contribution in [2.75, 3.05) is 0 Å². The van der Waals surface area contributed by atoms with E-state index < -0.39 is 0 Å². The van der Waals surface area contributed by atoms with E-state index >= 15 is 0 Å². The highest BCUT2D eigenvalue weighted by Gasteiger charge is 2.09. The van der Waals surface area contributed by atoms with Crippen LogP contribution in [0.25, 0.3) is 10.9 Å². The van der Waals surface area contributed by atoms with Crippen LogP contribution in [0.1, 0.15) is 30.7 Å². The molecule has 2 rings (SSSR count). The second-order valence-electron chi connectivity index (χ2n) is 4.03. The topological polar surface area (TPSA) is 12.9 Å². The lowest BCUT2D eigenvalue weighted by Gasteiger charge is -2.12. The van der Waals surface area contributed by atoms with E-state index in [1.807, 2.05) is 0 Å². The largest absolute Gasteiger partial charge is 0.253 e. The van der Waals surface area contributed by atoms with Crippen molar-refractivity contribution in [2.24, 2.45) is 0 Å². The molecule has 1 heterocycles. The van der Waals surface area contributed by atoms with Crippen molar-refractivity contribution < 1.29 is 0 Å². The zero-order valence-electron chi connectivity index (χ0n) is 9.97. The van der Waals surface area contributed by atoms with Crippen LogP contribution in [0.5, 0.6) is 0 Å². The number of fused-ring (bicyclic) bond motifs is 1. The van der Waals surface area contributed by atoms with Gasteiger partial charge >= 0.3 is 0 Å². The van der Waals surface area contributed by atoms with Crippen molar-refractivity contribution in [2.45, 2.75) is 33.6 Å². The lowest BCUT2D eigenvalue weighted by Crippen LogP contribution is -1.99. The molecule has 0 saturated heterocycles. The molecule has 0 aliphatic carbocycles. The number of halogens is 1. The van der Waals surface area contributed by atoms with Gasteiger partial charge in [0, 0.05) is 14.7 Å². The van der Waals surface area contributed by atoms with Crippen molar-refractivity contribution in [3.8, 4) is 0 Å². The molecule has 2 heteroatoms. The molecule has 0 amide bonds. The lowest BCUT2D eigenvalue weighted by molar-refractivity contribution is 0.997. The van der Waals surface area contributed by atoms with Gasteiger partial charge in [0.2, 0.25) is 0 Å². The van der Waals surface area contributed by atoms with E-state index in [-0.39, 0.29) is 0 Å². The molecule has 0 saturated carbocycles. The predicted octanol–water partition coefficient (Wildman–Crippen LogP) is 4.27. The van der Waals surface area contributed by atoms with Gasteiger partial charge in [-0.3, -0.25) is 4.98 Å². The molecule has 0 N–H and O–H groups in total. The number of nitrogens with zero attached hydrogens (tertiary/aromatic N) is 1. The van der Waals surface area contributed by atoms with E-state index in [2.05, 4.69) is 61.6 Å². The van der Waals surface area contributed by atoms with E-state index in [1.54, 1.807) is 0 Å². The van der Waals surface area contributed by atoms with Gasteiger partial charge in [0.25, 0.3) is 0 Å². The summed E-state index contributed by atoms with van der Waals surface area (Å²) < 4.78 is 1.26. The van der Waals surface area contributed by atoms with Gasteiger partial charge in [0.15, 0.2) is 0 Å². The summed E-state index contributed by atoms with van der Waals surface area (Å²) in [6, 6.07) is 6.54. The van der Waals surface area contributed by atoms with Crippen LogP contribution in [0.15, 0.2) is 18.2 Å². The van der Waals surface area contributed by atoms with Crippen LogP contribution >= 0.6 is 22.6 Å². The Morgan fingerprint density at radius 1 is 1.19 bits per heavy atom. The fourth-order valence-corrected chi connectivity index (χ4v) is 2.73. The number of rotatable bonds is 2. The molecular formula is C14H16IN. The molecule has 0 bridgehead atoms. The predicted molar refractivity (Wildman–Crippen MR) is 78.0 cm³/mol. The summed E-state index contributed by atoms with van der Waals surface area (Å²) in [7, 11) is 0. The van der Waals surface area contributed by atoms with E-state index in [4.69, 9.17) is 4.98 Å². The Balaban J connectivity index is 2.84. The number of benzene rings is 1. The minimum absolute atomic E-state index is 1.01.